The first kappa shape index (κ1) is 19.7. The maximum absolute atomic E-state index is 12.4. The average Bonchev–Trinajstić information content (AvgIpc) is 3.20. The van der Waals surface area contributed by atoms with Crippen molar-refractivity contribution in [2.45, 2.75) is 6.92 Å². The van der Waals surface area contributed by atoms with Crippen LogP contribution in [-0.2, 0) is 4.79 Å². The Morgan fingerprint density at radius 1 is 1.14 bits per heavy atom. The largest absolute Gasteiger partial charge is 0.484 e. The van der Waals surface area contributed by atoms with Crippen LogP contribution in [0.3, 0.4) is 0 Å². The Balaban J connectivity index is 1.28. The van der Waals surface area contributed by atoms with Gasteiger partial charge >= 0.3 is 0 Å². The summed E-state index contributed by atoms with van der Waals surface area (Å²) in [4.78, 5) is 25.5. The fourth-order valence-electron chi connectivity index (χ4n) is 3.14. The van der Waals surface area contributed by atoms with Crippen molar-refractivity contribution in [2.24, 2.45) is 0 Å². The number of amides is 1. The van der Waals surface area contributed by atoms with Crippen LogP contribution in [0, 0.1) is 6.92 Å². The van der Waals surface area contributed by atoms with E-state index in [0.717, 1.165) is 35.2 Å². The summed E-state index contributed by atoms with van der Waals surface area (Å²) in [5, 5.41) is 3.66. The van der Waals surface area contributed by atoms with Crippen LogP contribution in [0.25, 0.3) is 10.6 Å². The quantitative estimate of drug-likeness (QED) is 0.617. The molecule has 0 radical (unpaired) electrons. The normalized spacial score (nSPS) is 14.1. The number of aromatic nitrogens is 2. The smallest absolute Gasteiger partial charge is 0.260 e. The molecule has 0 bridgehead atoms. The molecule has 3 aromatic rings. The molecule has 1 aliphatic heterocycles. The molecule has 6 nitrogen and oxygen atoms in total. The van der Waals surface area contributed by atoms with Gasteiger partial charge in [0.1, 0.15) is 16.6 Å². The van der Waals surface area contributed by atoms with Crippen molar-refractivity contribution < 1.29 is 9.53 Å². The second-order valence-electron chi connectivity index (χ2n) is 6.81. The highest BCUT2D eigenvalue weighted by Crippen LogP contribution is 2.24. The van der Waals surface area contributed by atoms with E-state index in [2.05, 4.69) is 20.9 Å². The number of piperazine rings is 1. The highest BCUT2D eigenvalue weighted by molar-refractivity contribution is 7.13. The summed E-state index contributed by atoms with van der Waals surface area (Å²) in [7, 11) is 0. The fourth-order valence-corrected chi connectivity index (χ4v) is 4.05. The number of pyridine rings is 1. The van der Waals surface area contributed by atoms with E-state index in [1.54, 1.807) is 35.6 Å². The molecule has 0 aliphatic carbocycles. The van der Waals surface area contributed by atoms with Crippen molar-refractivity contribution in [3.8, 4) is 16.3 Å². The molecular weight excluding hydrogens is 408 g/mol. The minimum atomic E-state index is -0.0120. The average molecular weight is 429 g/mol. The minimum Gasteiger partial charge on any atom is -0.484 e. The Morgan fingerprint density at radius 3 is 2.52 bits per heavy atom. The highest BCUT2D eigenvalue weighted by Gasteiger charge is 2.22. The van der Waals surface area contributed by atoms with Crippen LogP contribution in [0.2, 0.25) is 5.02 Å². The molecule has 1 aromatic carbocycles. The predicted molar refractivity (Wildman–Crippen MR) is 116 cm³/mol. The number of hydrogen-bond acceptors (Lipinski definition) is 6. The van der Waals surface area contributed by atoms with Crippen molar-refractivity contribution in [3.63, 3.8) is 0 Å². The molecule has 1 amide bonds. The van der Waals surface area contributed by atoms with E-state index in [0.29, 0.717) is 23.9 Å². The SMILES string of the molecule is Cc1csc(-c2ccc(N3CCN(C(=O)COc4ccc(Cl)cc4)CC3)nc2)n1. The van der Waals surface area contributed by atoms with Gasteiger partial charge in [-0.1, -0.05) is 11.6 Å². The van der Waals surface area contributed by atoms with E-state index < -0.39 is 0 Å². The lowest BCUT2D eigenvalue weighted by atomic mass is 10.2. The van der Waals surface area contributed by atoms with Crippen molar-refractivity contribution in [1.29, 1.82) is 0 Å². The summed E-state index contributed by atoms with van der Waals surface area (Å²) >= 11 is 7.48. The summed E-state index contributed by atoms with van der Waals surface area (Å²) in [6.45, 7) is 4.81. The maximum atomic E-state index is 12.4. The molecular formula is C21H21ClN4O2S. The number of rotatable bonds is 5. The van der Waals surface area contributed by atoms with E-state index in [9.17, 15) is 4.79 Å². The maximum Gasteiger partial charge on any atom is 0.260 e. The first-order valence-electron chi connectivity index (χ1n) is 9.38. The van der Waals surface area contributed by atoms with Crippen LogP contribution in [0.15, 0.2) is 48.0 Å². The van der Waals surface area contributed by atoms with Crippen LogP contribution >= 0.6 is 22.9 Å². The van der Waals surface area contributed by atoms with Gasteiger partial charge in [0.05, 0.1) is 0 Å². The second-order valence-corrected chi connectivity index (χ2v) is 8.10. The van der Waals surface area contributed by atoms with Gasteiger partial charge in [0, 0.05) is 54.0 Å². The molecule has 29 heavy (non-hydrogen) atoms. The third-order valence-corrected chi connectivity index (χ3v) is 6.01. The number of aryl methyl sites for hydroxylation is 1. The van der Waals surface area contributed by atoms with Gasteiger partial charge in [-0.2, -0.15) is 0 Å². The van der Waals surface area contributed by atoms with E-state index >= 15 is 0 Å². The molecule has 0 saturated carbocycles. The van der Waals surface area contributed by atoms with Gasteiger partial charge in [-0.15, -0.1) is 11.3 Å². The van der Waals surface area contributed by atoms with Gasteiger partial charge in [-0.3, -0.25) is 4.79 Å². The van der Waals surface area contributed by atoms with E-state index in [1.807, 2.05) is 29.5 Å². The zero-order valence-electron chi connectivity index (χ0n) is 16.0. The summed E-state index contributed by atoms with van der Waals surface area (Å²) in [5.41, 5.74) is 2.05. The molecule has 8 heteroatoms. The zero-order chi connectivity index (χ0) is 20.2. The summed E-state index contributed by atoms with van der Waals surface area (Å²) in [6, 6.07) is 11.1. The van der Waals surface area contributed by atoms with E-state index in [1.165, 1.54) is 0 Å². The molecule has 150 valence electrons. The standard InChI is InChI=1S/C21H21ClN4O2S/c1-15-14-29-21(24-15)16-2-7-19(23-12-16)25-8-10-26(11-9-25)20(27)13-28-18-5-3-17(22)4-6-18/h2-7,12,14H,8-11,13H2,1H3. The highest BCUT2D eigenvalue weighted by atomic mass is 35.5. The molecule has 1 saturated heterocycles. The van der Waals surface area contributed by atoms with Gasteiger partial charge in [0.2, 0.25) is 0 Å². The number of carbonyl (C=O) groups is 1. The van der Waals surface area contributed by atoms with Crippen molar-refractivity contribution in [2.75, 3.05) is 37.7 Å². The van der Waals surface area contributed by atoms with Crippen LogP contribution < -0.4 is 9.64 Å². The molecule has 0 spiro atoms. The summed E-state index contributed by atoms with van der Waals surface area (Å²) in [6.07, 6.45) is 1.87. The lowest BCUT2D eigenvalue weighted by Crippen LogP contribution is -2.50. The van der Waals surface area contributed by atoms with E-state index in [-0.39, 0.29) is 12.5 Å². The number of thiazole rings is 1. The Hall–Kier alpha value is -2.64. The molecule has 2 aromatic heterocycles. The molecule has 3 heterocycles. The second kappa shape index (κ2) is 8.80. The Morgan fingerprint density at radius 2 is 1.90 bits per heavy atom. The Labute approximate surface area is 178 Å². The Kier molecular flexibility index (Phi) is 5.97. The number of anilines is 1. The number of hydrogen-bond donors (Lipinski definition) is 0. The lowest BCUT2D eigenvalue weighted by Gasteiger charge is -2.35. The predicted octanol–water partition coefficient (Wildman–Crippen LogP) is 3.89. The van der Waals surface area contributed by atoms with Gasteiger partial charge in [0.15, 0.2) is 6.61 Å². The number of ether oxygens (including phenoxy) is 1. The monoisotopic (exact) mass is 428 g/mol. The molecule has 0 unspecified atom stereocenters. The van der Waals surface area contributed by atoms with Crippen molar-refractivity contribution in [1.82, 2.24) is 14.9 Å². The van der Waals surface area contributed by atoms with Crippen molar-refractivity contribution in [3.05, 3.63) is 58.7 Å². The molecule has 1 aliphatic rings. The van der Waals surface area contributed by atoms with Gasteiger partial charge < -0.3 is 14.5 Å². The fraction of sp³-hybridized carbons (Fsp3) is 0.286. The minimum absolute atomic E-state index is 0.0120. The third kappa shape index (κ3) is 4.86. The zero-order valence-corrected chi connectivity index (χ0v) is 17.6. The van der Waals surface area contributed by atoms with Crippen LogP contribution in [0.1, 0.15) is 5.69 Å². The lowest BCUT2D eigenvalue weighted by molar-refractivity contribution is -0.133. The van der Waals surface area contributed by atoms with Crippen molar-refractivity contribution >= 4 is 34.7 Å². The first-order valence-corrected chi connectivity index (χ1v) is 10.6. The van der Waals surface area contributed by atoms with Gasteiger partial charge in [-0.05, 0) is 43.3 Å². The van der Waals surface area contributed by atoms with Crippen LogP contribution in [0.5, 0.6) is 5.75 Å². The van der Waals surface area contributed by atoms with Crippen LogP contribution in [-0.4, -0.2) is 53.6 Å². The van der Waals surface area contributed by atoms with E-state index in [4.69, 9.17) is 16.3 Å². The third-order valence-electron chi connectivity index (χ3n) is 4.75. The molecule has 1 fully saturated rings. The molecule has 4 rings (SSSR count). The number of carbonyl (C=O) groups excluding carboxylic acids is 1. The van der Waals surface area contributed by atoms with Gasteiger partial charge in [0.25, 0.3) is 5.91 Å². The molecule has 0 atom stereocenters. The number of benzene rings is 1. The topological polar surface area (TPSA) is 58.6 Å². The number of nitrogens with zero attached hydrogens (tertiary/aromatic N) is 4. The summed E-state index contributed by atoms with van der Waals surface area (Å²) < 4.78 is 5.56. The van der Waals surface area contributed by atoms with Gasteiger partial charge in [-0.25, -0.2) is 9.97 Å². The number of halogens is 1. The Bertz CT molecular complexity index is 967. The first-order chi connectivity index (χ1) is 14.1. The van der Waals surface area contributed by atoms with Crippen LogP contribution in [0.4, 0.5) is 5.82 Å². The molecule has 0 N–H and O–H groups in total. The summed E-state index contributed by atoms with van der Waals surface area (Å²) in [5.74, 6) is 1.55.